The van der Waals surface area contributed by atoms with Crippen LogP contribution < -0.4 is 5.32 Å². The van der Waals surface area contributed by atoms with E-state index in [9.17, 15) is 0 Å². The van der Waals surface area contributed by atoms with Gasteiger partial charge in [-0.15, -0.1) is 11.3 Å². The Morgan fingerprint density at radius 2 is 2.17 bits per heavy atom. The van der Waals surface area contributed by atoms with Crippen LogP contribution in [0.5, 0.6) is 0 Å². The first-order chi connectivity index (χ1) is 8.54. The van der Waals surface area contributed by atoms with Gasteiger partial charge in [-0.3, -0.25) is 0 Å². The molecular weight excluding hydrogens is 244 g/mol. The van der Waals surface area contributed by atoms with Crippen LogP contribution in [0.1, 0.15) is 35.1 Å². The maximum Gasteiger partial charge on any atom is 0.113 e. The molecule has 2 aromatic rings. The van der Waals surface area contributed by atoms with Crippen molar-refractivity contribution in [3.05, 3.63) is 33.8 Å². The highest BCUT2D eigenvalue weighted by atomic mass is 32.1. The van der Waals surface area contributed by atoms with Crippen LogP contribution in [-0.4, -0.2) is 20.6 Å². The third kappa shape index (κ3) is 3.40. The highest BCUT2D eigenvalue weighted by Crippen LogP contribution is 2.17. The fraction of sp³-hybridized carbons (Fsp3) is 0.538. The topological polar surface area (TPSA) is 42.7 Å². The molecular formula is C13H20N4S. The van der Waals surface area contributed by atoms with Gasteiger partial charge in [-0.25, -0.2) is 9.97 Å². The first kappa shape index (κ1) is 13.2. The molecule has 2 aromatic heterocycles. The van der Waals surface area contributed by atoms with E-state index in [4.69, 9.17) is 0 Å². The van der Waals surface area contributed by atoms with E-state index in [1.807, 2.05) is 6.33 Å². The lowest BCUT2D eigenvalue weighted by Crippen LogP contribution is -2.21. The van der Waals surface area contributed by atoms with Crippen LogP contribution >= 0.6 is 11.3 Å². The van der Waals surface area contributed by atoms with E-state index in [1.165, 1.54) is 4.88 Å². The lowest BCUT2D eigenvalue weighted by Gasteiger charge is -2.04. The van der Waals surface area contributed by atoms with E-state index in [0.717, 1.165) is 29.5 Å². The van der Waals surface area contributed by atoms with Gasteiger partial charge < -0.3 is 9.88 Å². The minimum atomic E-state index is 0.486. The third-order valence-corrected chi connectivity index (χ3v) is 3.83. The summed E-state index contributed by atoms with van der Waals surface area (Å²) in [6.07, 6.45) is 3.96. The zero-order valence-electron chi connectivity index (χ0n) is 11.4. The van der Waals surface area contributed by atoms with Gasteiger partial charge in [0.1, 0.15) is 5.01 Å². The number of nitrogens with zero attached hydrogens (tertiary/aromatic N) is 3. The van der Waals surface area contributed by atoms with E-state index < -0.39 is 0 Å². The van der Waals surface area contributed by atoms with Crippen molar-refractivity contribution in [2.75, 3.05) is 0 Å². The summed E-state index contributed by atoms with van der Waals surface area (Å²) < 4.78 is 2.09. The summed E-state index contributed by atoms with van der Waals surface area (Å²) in [5.74, 6) is 0. The Bertz CT molecular complexity index is 493. The van der Waals surface area contributed by atoms with Gasteiger partial charge in [-0.2, -0.15) is 0 Å². The first-order valence-corrected chi connectivity index (χ1v) is 7.03. The van der Waals surface area contributed by atoms with Crippen LogP contribution in [0, 0.1) is 13.8 Å². The highest BCUT2D eigenvalue weighted by molar-refractivity contribution is 7.11. The average Bonchev–Trinajstić information content (AvgIpc) is 2.85. The predicted molar refractivity (Wildman–Crippen MR) is 74.9 cm³/mol. The number of hydrogen-bond acceptors (Lipinski definition) is 4. The number of hydrogen-bond donors (Lipinski definition) is 1. The van der Waals surface area contributed by atoms with Crippen molar-refractivity contribution in [1.29, 1.82) is 0 Å². The van der Waals surface area contributed by atoms with Gasteiger partial charge in [0.05, 0.1) is 24.3 Å². The van der Waals surface area contributed by atoms with Crippen LogP contribution in [0.2, 0.25) is 0 Å². The molecule has 0 aliphatic carbocycles. The molecule has 0 amide bonds. The van der Waals surface area contributed by atoms with Gasteiger partial charge >= 0.3 is 0 Å². The SMILES string of the molecule is Cc1nc(Cn2cnc(CNC(C)C)c2)sc1C. The summed E-state index contributed by atoms with van der Waals surface area (Å²) in [4.78, 5) is 10.2. The van der Waals surface area contributed by atoms with Crippen molar-refractivity contribution in [1.82, 2.24) is 19.9 Å². The molecule has 0 atom stereocenters. The fourth-order valence-electron chi connectivity index (χ4n) is 1.66. The first-order valence-electron chi connectivity index (χ1n) is 6.21. The standard InChI is InChI=1S/C13H20N4S/c1-9(2)14-5-12-6-17(8-15-12)7-13-16-10(3)11(4)18-13/h6,8-9,14H,5,7H2,1-4H3. The monoisotopic (exact) mass is 264 g/mol. The Kier molecular flexibility index (Phi) is 4.14. The van der Waals surface area contributed by atoms with E-state index in [1.54, 1.807) is 11.3 Å². The fourth-order valence-corrected chi connectivity index (χ4v) is 2.60. The molecule has 18 heavy (non-hydrogen) atoms. The molecule has 1 N–H and O–H groups in total. The van der Waals surface area contributed by atoms with E-state index in [2.05, 4.69) is 53.7 Å². The second-order valence-corrected chi connectivity index (χ2v) is 6.11. The maximum absolute atomic E-state index is 4.54. The largest absolute Gasteiger partial charge is 0.330 e. The minimum absolute atomic E-state index is 0.486. The summed E-state index contributed by atoms with van der Waals surface area (Å²) in [5, 5.41) is 4.51. The molecule has 2 heterocycles. The smallest absolute Gasteiger partial charge is 0.113 e. The zero-order valence-corrected chi connectivity index (χ0v) is 12.2. The van der Waals surface area contributed by atoms with Gasteiger partial charge in [-0.1, -0.05) is 13.8 Å². The van der Waals surface area contributed by atoms with Crippen molar-refractivity contribution < 1.29 is 0 Å². The zero-order chi connectivity index (χ0) is 13.1. The molecule has 0 saturated heterocycles. The van der Waals surface area contributed by atoms with Crippen LogP contribution in [0.25, 0.3) is 0 Å². The molecule has 5 heteroatoms. The summed E-state index contributed by atoms with van der Waals surface area (Å²) in [7, 11) is 0. The Hall–Kier alpha value is -1.20. The van der Waals surface area contributed by atoms with Gasteiger partial charge in [0, 0.05) is 23.7 Å². The number of nitrogens with one attached hydrogen (secondary N) is 1. The minimum Gasteiger partial charge on any atom is -0.330 e. The van der Waals surface area contributed by atoms with Crippen molar-refractivity contribution in [3.63, 3.8) is 0 Å². The Morgan fingerprint density at radius 3 is 2.78 bits per heavy atom. The van der Waals surface area contributed by atoms with Crippen molar-refractivity contribution in [2.45, 2.75) is 46.8 Å². The van der Waals surface area contributed by atoms with Gasteiger partial charge in [-0.05, 0) is 13.8 Å². The quantitative estimate of drug-likeness (QED) is 0.902. The van der Waals surface area contributed by atoms with E-state index >= 15 is 0 Å². The number of imidazole rings is 1. The second-order valence-electron chi connectivity index (χ2n) is 4.82. The van der Waals surface area contributed by atoms with Crippen molar-refractivity contribution in [2.24, 2.45) is 0 Å². The lowest BCUT2D eigenvalue weighted by atomic mass is 10.3. The number of aryl methyl sites for hydroxylation is 2. The van der Waals surface area contributed by atoms with Gasteiger partial charge in [0.2, 0.25) is 0 Å². The molecule has 0 aliphatic heterocycles. The van der Waals surface area contributed by atoms with Crippen LogP contribution in [0.3, 0.4) is 0 Å². The molecule has 0 radical (unpaired) electrons. The molecule has 0 aliphatic rings. The van der Waals surface area contributed by atoms with Gasteiger partial charge in [0.15, 0.2) is 0 Å². The molecule has 98 valence electrons. The van der Waals surface area contributed by atoms with Crippen molar-refractivity contribution in [3.8, 4) is 0 Å². The van der Waals surface area contributed by atoms with Crippen molar-refractivity contribution >= 4 is 11.3 Å². The number of aromatic nitrogens is 3. The molecule has 2 rings (SSSR count). The normalized spacial score (nSPS) is 11.4. The number of rotatable bonds is 5. The summed E-state index contributed by atoms with van der Waals surface area (Å²) in [6.45, 7) is 10.1. The molecule has 0 fully saturated rings. The molecule has 0 spiro atoms. The molecule has 0 unspecified atom stereocenters. The highest BCUT2D eigenvalue weighted by Gasteiger charge is 2.05. The van der Waals surface area contributed by atoms with E-state index in [-0.39, 0.29) is 0 Å². The molecule has 4 nitrogen and oxygen atoms in total. The van der Waals surface area contributed by atoms with E-state index in [0.29, 0.717) is 6.04 Å². The van der Waals surface area contributed by atoms with Crippen LogP contribution in [-0.2, 0) is 13.1 Å². The van der Waals surface area contributed by atoms with Crippen LogP contribution in [0.4, 0.5) is 0 Å². The second kappa shape index (κ2) is 5.63. The summed E-state index contributed by atoms with van der Waals surface area (Å²) >= 11 is 1.76. The molecule has 0 bridgehead atoms. The molecule has 0 saturated carbocycles. The lowest BCUT2D eigenvalue weighted by molar-refractivity contribution is 0.582. The third-order valence-electron chi connectivity index (χ3n) is 2.77. The molecule has 0 aromatic carbocycles. The predicted octanol–water partition coefficient (Wildman–Crippen LogP) is 2.50. The summed E-state index contributed by atoms with van der Waals surface area (Å²) in [5.41, 5.74) is 2.21. The van der Waals surface area contributed by atoms with Crippen LogP contribution in [0.15, 0.2) is 12.5 Å². The number of thiazole rings is 1. The Balaban J connectivity index is 1.98. The summed E-state index contributed by atoms with van der Waals surface area (Å²) in [6, 6.07) is 0.486. The Morgan fingerprint density at radius 1 is 1.39 bits per heavy atom. The Labute approximate surface area is 112 Å². The average molecular weight is 264 g/mol. The van der Waals surface area contributed by atoms with Gasteiger partial charge in [0.25, 0.3) is 0 Å². The maximum atomic E-state index is 4.54.